The number of piperidine rings is 1. The highest BCUT2D eigenvalue weighted by Gasteiger charge is 2.54. The molecule has 1 saturated heterocycles. The molecule has 3 heterocycles. The van der Waals surface area contributed by atoms with Crippen LogP contribution >= 0.6 is 11.6 Å². The van der Waals surface area contributed by atoms with Gasteiger partial charge in [0.25, 0.3) is 5.78 Å². The lowest BCUT2D eigenvalue weighted by Crippen LogP contribution is -2.34. The van der Waals surface area contributed by atoms with Crippen LogP contribution in [0, 0.1) is 41.2 Å². The fourth-order valence-electron chi connectivity index (χ4n) is 4.60. The first-order valence-electron chi connectivity index (χ1n) is 11.0. The van der Waals surface area contributed by atoms with Gasteiger partial charge in [-0.05, 0) is 37.4 Å². The molecular weight excluding hydrogens is 491 g/mol. The Morgan fingerprint density at radius 3 is 2.43 bits per heavy atom. The summed E-state index contributed by atoms with van der Waals surface area (Å²) in [5.41, 5.74) is -0.902. The number of hydrogen-bond acceptors (Lipinski definition) is 5. The van der Waals surface area contributed by atoms with Gasteiger partial charge in [0, 0.05) is 24.6 Å². The lowest BCUT2D eigenvalue weighted by Gasteiger charge is -2.21. The lowest BCUT2D eigenvalue weighted by atomic mass is 10.0. The Labute approximate surface area is 202 Å². The van der Waals surface area contributed by atoms with Gasteiger partial charge >= 0.3 is 6.18 Å². The molecule has 5 rings (SSSR count). The van der Waals surface area contributed by atoms with E-state index in [1.165, 1.54) is 0 Å². The molecule has 0 bridgehead atoms. The molecule has 0 radical (unpaired) electrons. The van der Waals surface area contributed by atoms with Gasteiger partial charge in [-0.15, -0.1) is 0 Å². The summed E-state index contributed by atoms with van der Waals surface area (Å²) in [6, 6.07) is 0.00613. The predicted molar refractivity (Wildman–Crippen MR) is 120 cm³/mol. The van der Waals surface area contributed by atoms with Crippen molar-refractivity contribution in [1.82, 2.24) is 24.5 Å². The molecular formula is C23H20ClF5N6. The molecule has 1 aromatic carbocycles. The molecule has 2 fully saturated rings. The zero-order valence-electron chi connectivity index (χ0n) is 18.7. The van der Waals surface area contributed by atoms with Crippen LogP contribution in [0.2, 0.25) is 5.15 Å². The van der Waals surface area contributed by atoms with Gasteiger partial charge in [-0.3, -0.25) is 0 Å². The first kappa shape index (κ1) is 23.8. The number of hydrogen-bond donors (Lipinski definition) is 1. The molecule has 1 aliphatic heterocycles. The number of nitrogens with one attached hydrogen (secondary N) is 1. The average molecular weight is 511 g/mol. The summed E-state index contributed by atoms with van der Waals surface area (Å²) in [7, 11) is 0. The number of likely N-dealkylation sites (tertiary alicyclic amines) is 1. The van der Waals surface area contributed by atoms with Crippen molar-refractivity contribution in [3.05, 3.63) is 40.8 Å². The number of anilines is 1. The van der Waals surface area contributed by atoms with Gasteiger partial charge in [0.15, 0.2) is 0 Å². The molecule has 12 heteroatoms. The van der Waals surface area contributed by atoms with E-state index in [0.717, 1.165) is 49.5 Å². The summed E-state index contributed by atoms with van der Waals surface area (Å²) in [6.45, 7) is 5.90. The third-order valence-corrected chi connectivity index (χ3v) is 6.89. The van der Waals surface area contributed by atoms with E-state index in [2.05, 4.69) is 44.0 Å². The van der Waals surface area contributed by atoms with Gasteiger partial charge < -0.3 is 10.2 Å². The van der Waals surface area contributed by atoms with Crippen LogP contribution in [-0.2, 0) is 0 Å². The largest absolute Gasteiger partial charge is 0.408 e. The standard InChI is InChI=1S/C23H20ClF5N6/c1-3-34-8-14-13(15(14)9-34)5-4-12-6-16(25)18(17(26)7-12)19-20(24)33-22-30-10-31-35(22)21(19)32-11(2)23(27,28)29/h6-7,10-11,13-15,32H,3,8-9H2,1-2H3/t11-,13?,14-,15+/m0/s1. The second-order valence-electron chi connectivity index (χ2n) is 8.80. The van der Waals surface area contributed by atoms with E-state index in [9.17, 15) is 13.2 Å². The van der Waals surface area contributed by atoms with Gasteiger partial charge in [0.05, 0.1) is 11.1 Å². The van der Waals surface area contributed by atoms with Crippen molar-refractivity contribution in [2.75, 3.05) is 25.0 Å². The minimum absolute atomic E-state index is 0.129. The van der Waals surface area contributed by atoms with Crippen LogP contribution in [0.4, 0.5) is 27.8 Å². The Morgan fingerprint density at radius 2 is 1.83 bits per heavy atom. The van der Waals surface area contributed by atoms with Gasteiger partial charge in [0.2, 0.25) is 0 Å². The molecule has 1 aliphatic carbocycles. The number of halogens is 6. The first-order chi connectivity index (χ1) is 16.6. The molecule has 1 N–H and O–H groups in total. The van der Waals surface area contributed by atoms with E-state index >= 15 is 8.78 Å². The summed E-state index contributed by atoms with van der Waals surface area (Å²) < 4.78 is 71.2. The maximum absolute atomic E-state index is 15.2. The van der Waals surface area contributed by atoms with Gasteiger partial charge in [-0.1, -0.05) is 30.4 Å². The average Bonchev–Trinajstić information content (AvgIpc) is 3.12. The van der Waals surface area contributed by atoms with Crippen molar-refractivity contribution < 1.29 is 22.0 Å². The molecule has 2 aromatic heterocycles. The summed E-state index contributed by atoms with van der Waals surface area (Å²) in [4.78, 5) is 10.1. The van der Waals surface area contributed by atoms with E-state index in [1.54, 1.807) is 0 Å². The third kappa shape index (κ3) is 4.29. The number of nitrogens with zero attached hydrogens (tertiary/aromatic N) is 5. The van der Waals surface area contributed by atoms with E-state index < -0.39 is 40.1 Å². The molecule has 184 valence electrons. The zero-order chi connectivity index (χ0) is 25.1. The van der Waals surface area contributed by atoms with Crippen LogP contribution in [-0.4, -0.2) is 56.3 Å². The van der Waals surface area contributed by atoms with Crippen LogP contribution in [0.25, 0.3) is 16.9 Å². The Balaban J connectivity index is 1.52. The molecule has 3 aromatic rings. The van der Waals surface area contributed by atoms with Crippen molar-refractivity contribution in [1.29, 1.82) is 0 Å². The fraction of sp³-hybridized carbons (Fsp3) is 0.435. The highest BCUT2D eigenvalue weighted by atomic mass is 35.5. The summed E-state index contributed by atoms with van der Waals surface area (Å²) in [5, 5.41) is 5.62. The molecule has 2 aliphatic rings. The highest BCUT2D eigenvalue weighted by Crippen LogP contribution is 2.51. The molecule has 4 atom stereocenters. The summed E-state index contributed by atoms with van der Waals surface area (Å²) in [6.07, 6.45) is -3.60. The number of rotatable bonds is 4. The van der Waals surface area contributed by atoms with Gasteiger partial charge in [0.1, 0.15) is 35.0 Å². The monoisotopic (exact) mass is 510 g/mol. The van der Waals surface area contributed by atoms with Gasteiger partial charge in [-0.2, -0.15) is 32.8 Å². The minimum Gasteiger partial charge on any atom is -0.358 e. The van der Waals surface area contributed by atoms with Crippen LogP contribution < -0.4 is 5.32 Å². The molecule has 0 spiro atoms. The molecule has 6 nitrogen and oxygen atoms in total. The fourth-order valence-corrected chi connectivity index (χ4v) is 4.85. The van der Waals surface area contributed by atoms with E-state index in [1.807, 2.05) is 0 Å². The van der Waals surface area contributed by atoms with E-state index in [0.29, 0.717) is 11.8 Å². The quantitative estimate of drug-likeness (QED) is 0.315. The maximum Gasteiger partial charge on any atom is 0.408 e. The SMILES string of the molecule is CCN1C[C@@H]2C(C#Cc3cc(F)c(-c4c(Cl)nc5ncnn5c4N[C@@H](C)C(F)(F)F)c(F)c3)[C@@H]2C1. The molecule has 1 unspecified atom stereocenters. The zero-order valence-corrected chi connectivity index (χ0v) is 19.4. The van der Waals surface area contributed by atoms with Crippen molar-refractivity contribution in [3.8, 4) is 23.0 Å². The van der Waals surface area contributed by atoms with E-state index in [4.69, 9.17) is 11.6 Å². The van der Waals surface area contributed by atoms with Crippen molar-refractivity contribution in [2.45, 2.75) is 26.1 Å². The van der Waals surface area contributed by atoms with Gasteiger partial charge in [-0.25, -0.2) is 8.78 Å². The third-order valence-electron chi connectivity index (χ3n) is 6.62. The van der Waals surface area contributed by atoms with Crippen molar-refractivity contribution in [2.24, 2.45) is 17.8 Å². The molecule has 35 heavy (non-hydrogen) atoms. The topological polar surface area (TPSA) is 58.4 Å². The maximum atomic E-state index is 15.2. The Hall–Kier alpha value is -2.97. The second-order valence-corrected chi connectivity index (χ2v) is 9.15. The Kier molecular flexibility index (Phi) is 5.84. The van der Waals surface area contributed by atoms with Crippen LogP contribution in [0.1, 0.15) is 19.4 Å². The summed E-state index contributed by atoms with van der Waals surface area (Å²) in [5.74, 6) is 4.55. The van der Waals surface area contributed by atoms with Crippen LogP contribution in [0.15, 0.2) is 18.5 Å². The predicted octanol–water partition coefficient (Wildman–Crippen LogP) is 4.63. The second kappa shape index (κ2) is 8.60. The van der Waals surface area contributed by atoms with Crippen LogP contribution in [0.3, 0.4) is 0 Å². The lowest BCUT2D eigenvalue weighted by molar-refractivity contribution is -0.138. The number of alkyl halides is 3. The Bertz CT molecular complexity index is 1330. The number of aromatic nitrogens is 4. The number of benzene rings is 1. The Morgan fingerprint density at radius 1 is 1.17 bits per heavy atom. The molecule has 1 saturated carbocycles. The van der Waals surface area contributed by atoms with Crippen molar-refractivity contribution >= 4 is 23.2 Å². The van der Waals surface area contributed by atoms with Crippen LogP contribution in [0.5, 0.6) is 0 Å². The highest BCUT2D eigenvalue weighted by molar-refractivity contribution is 6.33. The minimum atomic E-state index is -4.65. The van der Waals surface area contributed by atoms with E-state index in [-0.39, 0.29) is 23.1 Å². The summed E-state index contributed by atoms with van der Waals surface area (Å²) >= 11 is 6.19. The van der Waals surface area contributed by atoms with Crippen molar-refractivity contribution in [3.63, 3.8) is 0 Å². The smallest absolute Gasteiger partial charge is 0.358 e. The first-order valence-corrected chi connectivity index (χ1v) is 11.4. The molecule has 0 amide bonds. The number of fused-ring (bicyclic) bond motifs is 2. The normalized spacial score (nSPS) is 22.6.